The van der Waals surface area contributed by atoms with Crippen LogP contribution in [0.5, 0.6) is 0 Å². The number of nitrogens with zero attached hydrogens (tertiary/aromatic N) is 1. The van der Waals surface area contributed by atoms with E-state index >= 15 is 0 Å². The number of ether oxygens (including phenoxy) is 1. The van der Waals surface area contributed by atoms with Crippen molar-refractivity contribution in [2.45, 2.75) is 45.8 Å². The lowest BCUT2D eigenvalue weighted by atomic mass is 10.1. The summed E-state index contributed by atoms with van der Waals surface area (Å²) >= 11 is 0. The highest BCUT2D eigenvalue weighted by atomic mass is 16.5. The fourth-order valence-electron chi connectivity index (χ4n) is 1.90. The van der Waals surface area contributed by atoms with Gasteiger partial charge in [0.2, 0.25) is 0 Å². The minimum atomic E-state index is 0.00662. The van der Waals surface area contributed by atoms with E-state index in [0.717, 1.165) is 12.5 Å². The largest absolute Gasteiger partial charge is 0.374 e. The third kappa shape index (κ3) is 3.65. The zero-order valence-electron chi connectivity index (χ0n) is 9.63. The second-order valence-electron chi connectivity index (χ2n) is 5.36. The minimum Gasteiger partial charge on any atom is -0.374 e. The van der Waals surface area contributed by atoms with Crippen molar-refractivity contribution < 1.29 is 4.74 Å². The van der Waals surface area contributed by atoms with Crippen molar-refractivity contribution in [3.8, 4) is 0 Å². The molecule has 1 fully saturated rings. The average Bonchev–Trinajstić information content (AvgIpc) is 2.24. The normalized spacial score (nSPS) is 31.2. The van der Waals surface area contributed by atoms with Crippen molar-refractivity contribution in [1.82, 2.24) is 4.90 Å². The average molecular weight is 185 g/mol. The lowest BCUT2D eigenvalue weighted by molar-refractivity contribution is -0.0252. The van der Waals surface area contributed by atoms with E-state index in [2.05, 4.69) is 39.6 Å². The quantitative estimate of drug-likeness (QED) is 0.653. The molecule has 0 radical (unpaired) electrons. The molecule has 2 nitrogen and oxygen atoms in total. The Kier molecular flexibility index (Phi) is 3.36. The van der Waals surface area contributed by atoms with E-state index in [1.54, 1.807) is 0 Å². The molecule has 1 aliphatic heterocycles. The van der Waals surface area contributed by atoms with Crippen LogP contribution in [-0.2, 0) is 4.74 Å². The molecule has 0 aliphatic carbocycles. The van der Waals surface area contributed by atoms with Gasteiger partial charge in [-0.25, -0.2) is 0 Å². The van der Waals surface area contributed by atoms with Crippen molar-refractivity contribution >= 4 is 0 Å². The highest BCUT2D eigenvalue weighted by molar-refractivity contribution is 4.81. The number of hydrogen-bond donors (Lipinski definition) is 0. The minimum absolute atomic E-state index is 0.00662. The summed E-state index contributed by atoms with van der Waals surface area (Å²) in [6, 6.07) is 0.634. The molecule has 2 atom stereocenters. The van der Waals surface area contributed by atoms with E-state index in [4.69, 9.17) is 4.74 Å². The lowest BCUT2D eigenvalue weighted by Crippen LogP contribution is -2.33. The molecule has 1 heterocycles. The predicted octanol–water partition coefficient (Wildman–Crippen LogP) is 2.14. The molecule has 78 valence electrons. The van der Waals surface area contributed by atoms with Crippen LogP contribution in [0.15, 0.2) is 0 Å². The van der Waals surface area contributed by atoms with Crippen LogP contribution in [0.25, 0.3) is 0 Å². The number of hydrogen-bond acceptors (Lipinski definition) is 2. The van der Waals surface area contributed by atoms with Crippen LogP contribution < -0.4 is 0 Å². The van der Waals surface area contributed by atoms with Crippen molar-refractivity contribution in [3.05, 3.63) is 0 Å². The monoisotopic (exact) mass is 185 g/mol. The fraction of sp³-hybridized carbons (Fsp3) is 1.00. The van der Waals surface area contributed by atoms with Gasteiger partial charge in [-0.3, -0.25) is 0 Å². The van der Waals surface area contributed by atoms with Gasteiger partial charge in [-0.05, 0) is 40.2 Å². The molecule has 1 rings (SSSR count). The van der Waals surface area contributed by atoms with Crippen molar-refractivity contribution in [2.75, 3.05) is 20.2 Å². The first-order valence-electron chi connectivity index (χ1n) is 5.22. The Morgan fingerprint density at radius 2 is 2.00 bits per heavy atom. The molecule has 0 aromatic rings. The van der Waals surface area contributed by atoms with E-state index < -0.39 is 0 Å². The maximum atomic E-state index is 5.79. The van der Waals surface area contributed by atoms with Crippen LogP contribution in [0, 0.1) is 5.92 Å². The van der Waals surface area contributed by atoms with Gasteiger partial charge in [-0.2, -0.15) is 0 Å². The molecule has 0 amide bonds. The first-order valence-corrected chi connectivity index (χ1v) is 5.22. The van der Waals surface area contributed by atoms with Gasteiger partial charge in [0.1, 0.15) is 0 Å². The highest BCUT2D eigenvalue weighted by Crippen LogP contribution is 2.22. The Morgan fingerprint density at radius 1 is 1.38 bits per heavy atom. The van der Waals surface area contributed by atoms with Crippen LogP contribution in [0.3, 0.4) is 0 Å². The van der Waals surface area contributed by atoms with Gasteiger partial charge >= 0.3 is 0 Å². The zero-order valence-corrected chi connectivity index (χ0v) is 9.63. The number of likely N-dealkylation sites (tertiary alicyclic amines) is 1. The van der Waals surface area contributed by atoms with Gasteiger partial charge in [0.05, 0.1) is 12.2 Å². The van der Waals surface area contributed by atoms with E-state index in [-0.39, 0.29) is 5.60 Å². The summed E-state index contributed by atoms with van der Waals surface area (Å²) in [5, 5.41) is 0. The third-order valence-electron chi connectivity index (χ3n) is 2.61. The molecule has 0 aromatic carbocycles. The number of rotatable bonds is 2. The fourth-order valence-corrected chi connectivity index (χ4v) is 1.90. The Balaban J connectivity index is 2.30. The van der Waals surface area contributed by atoms with Gasteiger partial charge in [0, 0.05) is 12.6 Å². The van der Waals surface area contributed by atoms with E-state index in [1.807, 2.05) is 0 Å². The highest BCUT2D eigenvalue weighted by Gasteiger charge is 2.27. The molecule has 0 saturated carbocycles. The maximum absolute atomic E-state index is 5.79. The van der Waals surface area contributed by atoms with Gasteiger partial charge in [-0.1, -0.05) is 6.92 Å². The smallest absolute Gasteiger partial charge is 0.0628 e. The van der Waals surface area contributed by atoms with Crippen LogP contribution in [0.4, 0.5) is 0 Å². The molecule has 1 saturated heterocycles. The summed E-state index contributed by atoms with van der Waals surface area (Å²) in [5.41, 5.74) is 0.00662. The summed E-state index contributed by atoms with van der Waals surface area (Å²) in [4.78, 5) is 2.41. The van der Waals surface area contributed by atoms with Gasteiger partial charge < -0.3 is 9.64 Å². The summed E-state index contributed by atoms with van der Waals surface area (Å²) < 4.78 is 5.79. The van der Waals surface area contributed by atoms with Crippen LogP contribution in [-0.4, -0.2) is 36.7 Å². The third-order valence-corrected chi connectivity index (χ3v) is 2.61. The second-order valence-corrected chi connectivity index (χ2v) is 5.36. The van der Waals surface area contributed by atoms with Crippen molar-refractivity contribution in [2.24, 2.45) is 5.92 Å². The Labute approximate surface area is 82.3 Å². The van der Waals surface area contributed by atoms with Crippen molar-refractivity contribution in [1.29, 1.82) is 0 Å². The molecule has 0 aromatic heterocycles. The molecule has 0 N–H and O–H groups in total. The Bertz CT molecular complexity index is 162. The molecule has 0 spiro atoms. The van der Waals surface area contributed by atoms with E-state index in [1.165, 1.54) is 13.0 Å². The van der Waals surface area contributed by atoms with Crippen molar-refractivity contribution in [3.63, 3.8) is 0 Å². The van der Waals surface area contributed by atoms with E-state index in [0.29, 0.717) is 6.04 Å². The molecule has 0 unspecified atom stereocenters. The topological polar surface area (TPSA) is 12.5 Å². The SMILES string of the molecule is C[C@H]1C[C@@H](COC(C)(C)C)N(C)C1. The first-order chi connectivity index (χ1) is 5.88. The first kappa shape index (κ1) is 11.0. The molecule has 1 aliphatic rings. The molecular formula is C11H23NO. The number of likely N-dealkylation sites (N-methyl/N-ethyl adjacent to an activating group) is 1. The van der Waals surface area contributed by atoms with Gasteiger partial charge in [-0.15, -0.1) is 0 Å². The summed E-state index contributed by atoms with van der Waals surface area (Å²) in [5.74, 6) is 0.832. The Hall–Kier alpha value is -0.0800. The summed E-state index contributed by atoms with van der Waals surface area (Å²) in [7, 11) is 2.19. The zero-order chi connectivity index (χ0) is 10.1. The van der Waals surface area contributed by atoms with Gasteiger partial charge in [0.15, 0.2) is 0 Å². The van der Waals surface area contributed by atoms with Gasteiger partial charge in [0.25, 0.3) is 0 Å². The summed E-state index contributed by atoms with van der Waals surface area (Å²) in [6.07, 6.45) is 1.28. The second kappa shape index (κ2) is 3.97. The molecular weight excluding hydrogens is 162 g/mol. The summed E-state index contributed by atoms with van der Waals surface area (Å²) in [6.45, 7) is 10.8. The maximum Gasteiger partial charge on any atom is 0.0628 e. The van der Waals surface area contributed by atoms with Crippen LogP contribution in [0.1, 0.15) is 34.1 Å². The molecule has 0 bridgehead atoms. The lowest BCUT2D eigenvalue weighted by Gasteiger charge is -2.25. The van der Waals surface area contributed by atoms with Crippen LogP contribution >= 0.6 is 0 Å². The predicted molar refractivity (Wildman–Crippen MR) is 55.9 cm³/mol. The van der Waals surface area contributed by atoms with E-state index in [9.17, 15) is 0 Å². The van der Waals surface area contributed by atoms with Crippen LogP contribution in [0.2, 0.25) is 0 Å². The Morgan fingerprint density at radius 3 is 2.38 bits per heavy atom. The standard InChI is InChI=1S/C11H23NO/c1-9-6-10(12(5)7-9)8-13-11(2,3)4/h9-10H,6-8H2,1-5H3/t9-,10-/m0/s1. The molecule has 2 heteroatoms. The molecule has 13 heavy (non-hydrogen) atoms.